The van der Waals surface area contributed by atoms with Crippen LogP contribution in [0.3, 0.4) is 0 Å². The van der Waals surface area contributed by atoms with Crippen molar-refractivity contribution in [2.24, 2.45) is 0 Å². The number of hydrogen-bond donors (Lipinski definition) is 0. The first-order chi connectivity index (χ1) is 11.5. The number of amides is 1. The van der Waals surface area contributed by atoms with E-state index in [-0.39, 0.29) is 5.91 Å². The van der Waals surface area contributed by atoms with E-state index in [9.17, 15) is 4.79 Å². The fraction of sp³-hybridized carbons (Fsp3) is 0.438. The molecule has 0 saturated carbocycles. The summed E-state index contributed by atoms with van der Waals surface area (Å²) in [6.45, 7) is 1.97. The Morgan fingerprint density at radius 3 is 2.25 bits per heavy atom. The van der Waals surface area contributed by atoms with Crippen LogP contribution in [0.1, 0.15) is 19.8 Å². The van der Waals surface area contributed by atoms with Crippen LogP contribution in [0.2, 0.25) is 0 Å². The molecule has 7 nitrogen and oxygen atoms in total. The van der Waals surface area contributed by atoms with Gasteiger partial charge < -0.3 is 14.2 Å². The molecule has 2 aromatic rings. The van der Waals surface area contributed by atoms with E-state index in [2.05, 4.69) is 10.2 Å². The van der Waals surface area contributed by atoms with Crippen molar-refractivity contribution in [1.82, 2.24) is 10.2 Å². The number of carbonyl (C=O) groups excluding carboxylic acids is 1. The third-order valence-corrected chi connectivity index (χ3v) is 4.50. The number of rotatable bonds is 7. The predicted molar refractivity (Wildman–Crippen MR) is 93.3 cm³/mol. The molecule has 24 heavy (non-hydrogen) atoms. The van der Waals surface area contributed by atoms with E-state index in [1.807, 2.05) is 6.92 Å². The molecule has 0 aliphatic heterocycles. The van der Waals surface area contributed by atoms with Gasteiger partial charge in [0.1, 0.15) is 5.01 Å². The smallest absolute Gasteiger partial charge is 0.228 e. The van der Waals surface area contributed by atoms with E-state index in [1.54, 1.807) is 40.5 Å². The van der Waals surface area contributed by atoms with Gasteiger partial charge in [0.2, 0.25) is 16.8 Å². The van der Waals surface area contributed by atoms with E-state index in [0.29, 0.717) is 33.8 Å². The minimum absolute atomic E-state index is 0.0186. The fourth-order valence-electron chi connectivity index (χ4n) is 2.16. The van der Waals surface area contributed by atoms with Gasteiger partial charge in [0.05, 0.1) is 21.3 Å². The van der Waals surface area contributed by atoms with Crippen molar-refractivity contribution in [3.05, 3.63) is 12.1 Å². The first-order valence-corrected chi connectivity index (χ1v) is 8.27. The molecule has 0 spiro atoms. The predicted octanol–water partition coefficient (Wildman–Crippen LogP) is 2.99. The highest BCUT2D eigenvalue weighted by atomic mass is 32.1. The molecular weight excluding hydrogens is 330 g/mol. The quantitative estimate of drug-likeness (QED) is 0.763. The zero-order valence-corrected chi connectivity index (χ0v) is 15.3. The van der Waals surface area contributed by atoms with Crippen LogP contribution in [-0.4, -0.2) is 44.5 Å². The van der Waals surface area contributed by atoms with Crippen LogP contribution in [0.5, 0.6) is 17.2 Å². The summed E-state index contributed by atoms with van der Waals surface area (Å²) in [6, 6.07) is 3.61. The van der Waals surface area contributed by atoms with E-state index >= 15 is 0 Å². The second-order valence-corrected chi connectivity index (χ2v) is 5.96. The highest BCUT2D eigenvalue weighted by molar-refractivity contribution is 7.18. The Kier molecular flexibility index (Phi) is 5.97. The molecule has 0 atom stereocenters. The maximum atomic E-state index is 12.0. The third-order valence-electron chi connectivity index (χ3n) is 3.45. The largest absolute Gasteiger partial charge is 0.493 e. The number of anilines is 1. The second-order valence-electron chi connectivity index (χ2n) is 5.01. The van der Waals surface area contributed by atoms with Crippen LogP contribution in [0.15, 0.2) is 12.1 Å². The molecule has 1 aromatic carbocycles. The molecule has 0 bridgehead atoms. The number of benzene rings is 1. The number of aromatic nitrogens is 2. The van der Waals surface area contributed by atoms with Crippen LogP contribution >= 0.6 is 11.3 Å². The van der Waals surface area contributed by atoms with Gasteiger partial charge in [-0.1, -0.05) is 18.3 Å². The van der Waals surface area contributed by atoms with Crippen molar-refractivity contribution in [1.29, 1.82) is 0 Å². The van der Waals surface area contributed by atoms with Crippen molar-refractivity contribution in [2.45, 2.75) is 19.8 Å². The first kappa shape index (κ1) is 18.0. The minimum atomic E-state index is 0.0186. The molecule has 0 radical (unpaired) electrons. The molecular formula is C16H21N3O4S. The third kappa shape index (κ3) is 3.59. The first-order valence-electron chi connectivity index (χ1n) is 7.46. The molecule has 0 unspecified atom stereocenters. The maximum absolute atomic E-state index is 12.0. The summed E-state index contributed by atoms with van der Waals surface area (Å²) in [5.74, 6) is 1.62. The van der Waals surface area contributed by atoms with Crippen LogP contribution in [0.4, 0.5) is 5.13 Å². The lowest BCUT2D eigenvalue weighted by Crippen LogP contribution is -2.25. The number of ether oxygens (including phenoxy) is 3. The summed E-state index contributed by atoms with van der Waals surface area (Å²) >= 11 is 1.33. The molecule has 1 aromatic heterocycles. The maximum Gasteiger partial charge on any atom is 0.228 e. The van der Waals surface area contributed by atoms with Gasteiger partial charge in [0.15, 0.2) is 11.5 Å². The van der Waals surface area contributed by atoms with Gasteiger partial charge >= 0.3 is 0 Å². The molecule has 0 saturated heterocycles. The van der Waals surface area contributed by atoms with Gasteiger partial charge in [-0.15, -0.1) is 10.2 Å². The minimum Gasteiger partial charge on any atom is -0.493 e. The van der Waals surface area contributed by atoms with E-state index in [1.165, 1.54) is 16.2 Å². The Morgan fingerprint density at radius 1 is 1.12 bits per heavy atom. The number of methoxy groups -OCH3 is 3. The van der Waals surface area contributed by atoms with Crippen LogP contribution in [-0.2, 0) is 4.79 Å². The summed E-state index contributed by atoms with van der Waals surface area (Å²) in [4.78, 5) is 13.5. The van der Waals surface area contributed by atoms with Gasteiger partial charge in [-0.2, -0.15) is 0 Å². The number of nitrogens with zero attached hydrogens (tertiary/aromatic N) is 3. The summed E-state index contributed by atoms with van der Waals surface area (Å²) < 4.78 is 16.0. The Bertz CT molecular complexity index is 692. The van der Waals surface area contributed by atoms with Gasteiger partial charge in [-0.25, -0.2) is 0 Å². The topological polar surface area (TPSA) is 73.8 Å². The number of carbonyl (C=O) groups is 1. The van der Waals surface area contributed by atoms with Crippen molar-refractivity contribution < 1.29 is 19.0 Å². The standard InChI is InChI=1S/C16H21N3O4S/c1-6-7-13(20)19(2)16-18-17-15(24-16)10-8-11(21-3)14(23-5)12(9-10)22-4/h8-9H,6-7H2,1-5H3. The Balaban J connectivity index is 2.38. The van der Waals surface area contributed by atoms with Crippen LogP contribution in [0, 0.1) is 0 Å². The highest BCUT2D eigenvalue weighted by Crippen LogP contribution is 2.42. The lowest BCUT2D eigenvalue weighted by Gasteiger charge is -2.13. The molecule has 0 aliphatic carbocycles. The Labute approximate surface area is 145 Å². The normalized spacial score (nSPS) is 10.4. The average Bonchev–Trinajstić information content (AvgIpc) is 3.09. The van der Waals surface area contributed by atoms with Gasteiger partial charge in [0.25, 0.3) is 0 Å². The fourth-order valence-corrected chi connectivity index (χ4v) is 2.97. The zero-order valence-electron chi connectivity index (χ0n) is 14.5. The van der Waals surface area contributed by atoms with Crippen molar-refractivity contribution in [3.63, 3.8) is 0 Å². The van der Waals surface area contributed by atoms with Gasteiger partial charge in [0, 0.05) is 19.0 Å². The summed E-state index contributed by atoms with van der Waals surface area (Å²) in [5.41, 5.74) is 0.782. The summed E-state index contributed by atoms with van der Waals surface area (Å²) in [5, 5.41) is 9.51. The summed E-state index contributed by atoms with van der Waals surface area (Å²) in [7, 11) is 6.38. The van der Waals surface area contributed by atoms with E-state index in [4.69, 9.17) is 14.2 Å². The van der Waals surface area contributed by atoms with Crippen molar-refractivity contribution in [3.8, 4) is 27.8 Å². The van der Waals surface area contributed by atoms with E-state index in [0.717, 1.165) is 12.0 Å². The highest BCUT2D eigenvalue weighted by Gasteiger charge is 2.19. The van der Waals surface area contributed by atoms with Crippen LogP contribution in [0.25, 0.3) is 10.6 Å². The van der Waals surface area contributed by atoms with Gasteiger partial charge in [-0.3, -0.25) is 9.69 Å². The molecule has 8 heteroatoms. The lowest BCUT2D eigenvalue weighted by molar-refractivity contribution is -0.118. The molecule has 1 heterocycles. The molecule has 130 valence electrons. The summed E-state index contributed by atoms with van der Waals surface area (Å²) in [6.07, 6.45) is 1.28. The Hall–Kier alpha value is -2.35. The SMILES string of the molecule is CCCC(=O)N(C)c1nnc(-c2cc(OC)c(OC)c(OC)c2)s1. The zero-order chi connectivity index (χ0) is 17.7. The lowest BCUT2D eigenvalue weighted by atomic mass is 10.2. The van der Waals surface area contributed by atoms with E-state index < -0.39 is 0 Å². The molecule has 0 fully saturated rings. The molecule has 1 amide bonds. The van der Waals surface area contributed by atoms with Gasteiger partial charge in [-0.05, 0) is 18.6 Å². The molecule has 2 rings (SSSR count). The molecule has 0 N–H and O–H groups in total. The number of hydrogen-bond acceptors (Lipinski definition) is 7. The Morgan fingerprint density at radius 2 is 1.75 bits per heavy atom. The molecule has 0 aliphatic rings. The van der Waals surface area contributed by atoms with Crippen molar-refractivity contribution >= 4 is 22.4 Å². The second kappa shape index (κ2) is 7.96. The van der Waals surface area contributed by atoms with Crippen molar-refractivity contribution in [2.75, 3.05) is 33.3 Å². The monoisotopic (exact) mass is 351 g/mol. The average molecular weight is 351 g/mol. The van der Waals surface area contributed by atoms with Crippen LogP contribution < -0.4 is 19.1 Å².